The van der Waals surface area contributed by atoms with Gasteiger partial charge < -0.3 is 59.8 Å². The molecule has 0 aromatic carbocycles. The third-order valence-electron chi connectivity index (χ3n) is 4.19. The second kappa shape index (κ2) is 10.8. The summed E-state index contributed by atoms with van der Waals surface area (Å²) in [6, 6.07) is 0. The molecule has 2 rings (SSSR count). The summed E-state index contributed by atoms with van der Waals surface area (Å²) in [6.45, 7) is -1.51. The summed E-state index contributed by atoms with van der Waals surface area (Å²) >= 11 is 0. The molecule has 13 nitrogen and oxygen atoms in total. The first-order valence-corrected chi connectivity index (χ1v) is 7.69. The molecule has 0 saturated carbocycles. The molecular formula is C13H24CaO13. The molecule has 0 amide bonds. The van der Waals surface area contributed by atoms with Gasteiger partial charge >= 0.3 is 43.9 Å². The average molecular weight is 428 g/mol. The summed E-state index contributed by atoms with van der Waals surface area (Å²) < 4.78 is 19.8. The van der Waals surface area contributed by atoms with Crippen LogP contribution in [0.2, 0.25) is 0 Å². The van der Waals surface area contributed by atoms with Crippen LogP contribution in [0.5, 0.6) is 0 Å². The van der Waals surface area contributed by atoms with E-state index in [4.69, 9.17) is 19.3 Å². The molecule has 0 unspecified atom stereocenters. The molecule has 0 radical (unpaired) electrons. The zero-order valence-electron chi connectivity index (χ0n) is 13.3. The molecule has 0 aromatic heterocycles. The van der Waals surface area contributed by atoms with E-state index in [-0.39, 0.29) is 37.7 Å². The number of carboxylic acid groups (broad SMARTS) is 1. The molecule has 10 atom stereocenters. The van der Waals surface area contributed by atoms with Gasteiger partial charge in [-0.25, -0.2) is 4.79 Å². The van der Waals surface area contributed by atoms with E-state index in [9.17, 15) is 40.5 Å². The first kappa shape index (κ1) is 25.2. The van der Waals surface area contributed by atoms with Gasteiger partial charge in [0, 0.05) is 0 Å². The molecule has 2 aliphatic rings. The van der Waals surface area contributed by atoms with Crippen molar-refractivity contribution < 1.29 is 64.6 Å². The summed E-state index contributed by atoms with van der Waals surface area (Å²) in [5.74, 6) is 0. The predicted molar refractivity (Wildman–Crippen MR) is 84.1 cm³/mol. The third kappa shape index (κ3) is 5.60. The van der Waals surface area contributed by atoms with Gasteiger partial charge in [-0.15, -0.1) is 0 Å². The maximum atomic E-state index is 10.8. The van der Waals surface area contributed by atoms with Crippen LogP contribution >= 0.6 is 0 Å². The second-order valence-electron chi connectivity index (χ2n) is 5.88. The Morgan fingerprint density at radius 1 is 0.815 bits per heavy atom. The minimum atomic E-state index is -1.84. The van der Waals surface area contributed by atoms with Crippen molar-refractivity contribution in [3.05, 3.63) is 0 Å². The fourth-order valence-corrected chi connectivity index (χ4v) is 2.80. The van der Waals surface area contributed by atoms with Crippen LogP contribution in [0.15, 0.2) is 0 Å². The van der Waals surface area contributed by atoms with Crippen molar-refractivity contribution >= 4 is 43.9 Å². The molecule has 2 saturated heterocycles. The number of aliphatic hydroxyl groups is 7. The van der Waals surface area contributed by atoms with E-state index in [0.29, 0.717) is 0 Å². The molecule has 2 heterocycles. The van der Waals surface area contributed by atoms with Gasteiger partial charge in [-0.3, -0.25) is 0 Å². The van der Waals surface area contributed by atoms with Crippen molar-refractivity contribution in [1.29, 1.82) is 0 Å². The number of carbonyl (C=O) groups is 1. The van der Waals surface area contributed by atoms with Crippen molar-refractivity contribution in [1.82, 2.24) is 0 Å². The average Bonchev–Trinajstić information content (AvgIpc) is 2.60. The molecule has 14 heteroatoms. The van der Waals surface area contributed by atoms with Crippen molar-refractivity contribution in [2.45, 2.75) is 61.4 Å². The third-order valence-corrected chi connectivity index (χ3v) is 4.19. The van der Waals surface area contributed by atoms with Crippen LogP contribution in [-0.2, 0) is 18.9 Å². The first-order valence-electron chi connectivity index (χ1n) is 7.69. The van der Waals surface area contributed by atoms with Crippen molar-refractivity contribution in [3.63, 3.8) is 0 Å². The minimum absolute atomic E-state index is 0. The standard InChI is InChI=1S/C13H22O13.Ca.2H/c14-1-3-5(16)6(17)10(26-13(21)22)12(24-3)25-9-4(2-15)23-11(20)8(19)7(9)18;;;/h3-12,14-20H,1-2H2,(H,21,22);;;/t3-,4-,5+,6+,7-,8-,9-,10-,11-,12+;;;/m1.../s1. The van der Waals surface area contributed by atoms with Gasteiger partial charge in [0.1, 0.15) is 42.7 Å². The zero-order chi connectivity index (χ0) is 19.6. The molecule has 0 spiro atoms. The number of hydrogen-bond acceptors (Lipinski definition) is 12. The molecule has 2 fully saturated rings. The van der Waals surface area contributed by atoms with Gasteiger partial charge in [-0.2, -0.15) is 0 Å². The zero-order valence-corrected chi connectivity index (χ0v) is 13.3. The van der Waals surface area contributed by atoms with Crippen molar-refractivity contribution in [2.75, 3.05) is 13.2 Å². The van der Waals surface area contributed by atoms with Crippen LogP contribution in [0.1, 0.15) is 0 Å². The van der Waals surface area contributed by atoms with Crippen LogP contribution < -0.4 is 0 Å². The van der Waals surface area contributed by atoms with Gasteiger partial charge in [-0.05, 0) is 0 Å². The Balaban J connectivity index is 0.00000364. The Morgan fingerprint density at radius 3 is 1.89 bits per heavy atom. The Hall–Kier alpha value is 0.130. The summed E-state index contributed by atoms with van der Waals surface area (Å²) in [6.07, 6.45) is -18.5. The van der Waals surface area contributed by atoms with E-state index in [1.807, 2.05) is 0 Å². The molecule has 0 bridgehead atoms. The van der Waals surface area contributed by atoms with Crippen LogP contribution in [-0.4, -0.2) is 159 Å². The second-order valence-corrected chi connectivity index (χ2v) is 5.88. The van der Waals surface area contributed by atoms with E-state index in [2.05, 4.69) is 4.74 Å². The van der Waals surface area contributed by atoms with Crippen LogP contribution in [0, 0.1) is 0 Å². The molecule has 156 valence electrons. The summed E-state index contributed by atoms with van der Waals surface area (Å²) in [5, 5.41) is 76.3. The first-order chi connectivity index (χ1) is 12.2. The van der Waals surface area contributed by atoms with Crippen LogP contribution in [0.25, 0.3) is 0 Å². The molecule has 0 aromatic rings. The van der Waals surface area contributed by atoms with E-state index >= 15 is 0 Å². The predicted octanol–water partition coefficient (Wildman–Crippen LogP) is -5.61. The summed E-state index contributed by atoms with van der Waals surface area (Å²) in [4.78, 5) is 10.8. The van der Waals surface area contributed by atoms with Crippen molar-refractivity contribution in [3.8, 4) is 0 Å². The monoisotopic (exact) mass is 428 g/mol. The van der Waals surface area contributed by atoms with E-state index < -0.39 is 80.8 Å². The summed E-state index contributed by atoms with van der Waals surface area (Å²) in [5.41, 5.74) is 0. The SMILES string of the molecule is O=C(O)O[C@H]1[C@H](O[C@H]2[C@H](O)[C@@H](O)[C@H](O)O[C@@H]2CO)O[C@H](CO)[C@H](O)[C@@H]1O.[CaH2]. The maximum absolute atomic E-state index is 10.8. The van der Waals surface area contributed by atoms with Gasteiger partial charge in [-0.1, -0.05) is 0 Å². The normalized spacial score (nSPS) is 45.0. The Morgan fingerprint density at radius 2 is 1.37 bits per heavy atom. The van der Waals surface area contributed by atoms with Crippen LogP contribution in [0.4, 0.5) is 4.79 Å². The van der Waals surface area contributed by atoms with E-state index in [0.717, 1.165) is 0 Å². The van der Waals surface area contributed by atoms with Gasteiger partial charge in [0.2, 0.25) is 0 Å². The number of hydrogen-bond donors (Lipinski definition) is 8. The Labute approximate surface area is 182 Å². The number of ether oxygens (including phenoxy) is 4. The molecule has 2 aliphatic heterocycles. The van der Waals surface area contributed by atoms with E-state index in [1.165, 1.54) is 0 Å². The molecule has 0 aliphatic carbocycles. The molecular weight excluding hydrogens is 404 g/mol. The van der Waals surface area contributed by atoms with Gasteiger partial charge in [0.25, 0.3) is 0 Å². The van der Waals surface area contributed by atoms with Crippen LogP contribution in [0.3, 0.4) is 0 Å². The quantitative estimate of drug-likeness (QED) is 0.152. The Bertz CT molecular complexity index is 479. The van der Waals surface area contributed by atoms with Gasteiger partial charge in [0.05, 0.1) is 13.2 Å². The number of rotatable bonds is 5. The summed E-state index contributed by atoms with van der Waals surface area (Å²) in [7, 11) is 0. The van der Waals surface area contributed by atoms with Gasteiger partial charge in [0.15, 0.2) is 18.7 Å². The molecule has 8 N–H and O–H groups in total. The fourth-order valence-electron chi connectivity index (χ4n) is 2.80. The topological polar surface area (TPSA) is 216 Å². The Kier molecular flexibility index (Phi) is 10.0. The fraction of sp³-hybridized carbons (Fsp3) is 0.923. The van der Waals surface area contributed by atoms with E-state index in [1.54, 1.807) is 0 Å². The van der Waals surface area contributed by atoms with Crippen molar-refractivity contribution in [2.24, 2.45) is 0 Å². The number of aliphatic hydroxyl groups excluding tert-OH is 7. The molecule has 27 heavy (non-hydrogen) atoms.